The van der Waals surface area contributed by atoms with Crippen LogP contribution in [0, 0.1) is 13.8 Å². The predicted octanol–water partition coefficient (Wildman–Crippen LogP) is 13.1. The van der Waals surface area contributed by atoms with E-state index in [4.69, 9.17) is 4.99 Å². The van der Waals surface area contributed by atoms with E-state index in [1.54, 1.807) is 0 Å². The predicted molar refractivity (Wildman–Crippen MR) is 224 cm³/mol. The molecule has 0 aliphatic carbocycles. The maximum absolute atomic E-state index is 5.56. The van der Waals surface area contributed by atoms with E-state index in [9.17, 15) is 0 Å². The van der Waals surface area contributed by atoms with Crippen LogP contribution in [0.2, 0.25) is 0 Å². The Hall–Kier alpha value is -5.15. The average molecular weight is 674 g/mol. The Bertz CT molecular complexity index is 2140. The molecule has 1 atom stereocenters. The highest BCUT2D eigenvalue weighted by Gasteiger charge is 2.27. The van der Waals surface area contributed by atoms with Gasteiger partial charge in [-0.15, -0.1) is 0 Å². The molecule has 262 valence electrons. The fourth-order valence-electron chi connectivity index (χ4n) is 7.98. The van der Waals surface area contributed by atoms with Crippen molar-refractivity contribution in [2.24, 2.45) is 4.99 Å². The standard InChI is InChI=1S/C48H55N3/c1-13-46(43-29-21-16-24-38(43)33(5)6)50(12)47(14-2)44-30-22-17-25-39(44)34(7)49-45(42-28-20-15-23-37(42)32(3)4)31-48(10,11)51-35(8)40-26-18-19-27-41(40)36(51)9/h13,15-31,47H,3,5,14H2,1-2,4,6-12H3/b45-31-,46-13-,49-34+. The zero-order valence-corrected chi connectivity index (χ0v) is 32.4. The largest absolute Gasteiger partial charge is 0.367 e. The number of hydrogen-bond acceptors (Lipinski definition) is 2. The fourth-order valence-corrected chi connectivity index (χ4v) is 7.98. The van der Waals surface area contributed by atoms with E-state index < -0.39 is 0 Å². The van der Waals surface area contributed by atoms with Crippen LogP contribution in [0.4, 0.5) is 0 Å². The summed E-state index contributed by atoms with van der Waals surface area (Å²) in [6.07, 6.45) is 5.50. The zero-order valence-electron chi connectivity index (χ0n) is 32.4. The molecule has 51 heavy (non-hydrogen) atoms. The van der Waals surface area contributed by atoms with Gasteiger partial charge in [0.05, 0.1) is 17.3 Å². The van der Waals surface area contributed by atoms with Crippen molar-refractivity contribution < 1.29 is 0 Å². The van der Waals surface area contributed by atoms with E-state index in [-0.39, 0.29) is 11.6 Å². The smallest absolute Gasteiger partial charge is 0.0694 e. The molecule has 5 rings (SSSR count). The molecule has 0 fully saturated rings. The van der Waals surface area contributed by atoms with Gasteiger partial charge in [0.15, 0.2) is 0 Å². The topological polar surface area (TPSA) is 20.5 Å². The summed E-state index contributed by atoms with van der Waals surface area (Å²) in [5.41, 5.74) is 14.3. The summed E-state index contributed by atoms with van der Waals surface area (Å²) in [5, 5.41) is 2.57. The van der Waals surface area contributed by atoms with Crippen LogP contribution in [0.15, 0.2) is 127 Å². The summed E-state index contributed by atoms with van der Waals surface area (Å²) in [5.74, 6) is 0. The number of aromatic nitrogens is 1. The molecular formula is C48H55N3. The van der Waals surface area contributed by atoms with Crippen molar-refractivity contribution in [3.05, 3.63) is 167 Å². The number of aliphatic imine (C=N–C) groups is 1. The van der Waals surface area contributed by atoms with E-state index in [1.165, 1.54) is 44.5 Å². The van der Waals surface area contributed by atoms with Crippen molar-refractivity contribution in [2.75, 3.05) is 7.05 Å². The number of aryl methyl sites for hydroxylation is 2. The molecule has 0 amide bonds. The molecular weight excluding hydrogens is 619 g/mol. The van der Waals surface area contributed by atoms with Crippen LogP contribution in [0.3, 0.4) is 0 Å². The third-order valence-corrected chi connectivity index (χ3v) is 10.3. The molecule has 5 aromatic rings. The highest BCUT2D eigenvalue weighted by atomic mass is 15.1. The van der Waals surface area contributed by atoms with Crippen molar-refractivity contribution in [3.8, 4) is 0 Å². The first-order chi connectivity index (χ1) is 24.3. The Kier molecular flexibility index (Phi) is 11.2. The van der Waals surface area contributed by atoms with Crippen molar-refractivity contribution in [3.63, 3.8) is 0 Å². The second kappa shape index (κ2) is 15.4. The minimum absolute atomic E-state index is 0.125. The highest BCUT2D eigenvalue weighted by molar-refractivity contribution is 6.03. The molecule has 0 saturated heterocycles. The van der Waals surface area contributed by atoms with Crippen LogP contribution in [0.1, 0.15) is 106 Å². The van der Waals surface area contributed by atoms with Crippen LogP contribution in [-0.2, 0) is 5.54 Å². The van der Waals surface area contributed by atoms with Crippen LogP contribution in [0.25, 0.3) is 33.3 Å². The minimum Gasteiger partial charge on any atom is -0.367 e. The molecule has 4 aromatic carbocycles. The molecule has 0 aliphatic heterocycles. The SMILES string of the molecule is C=C(C)c1ccccc1C(=C/C(C)(C)n1c(C)c2ccccc2c1C)/N=C(\C)c1ccccc1C(CC)N(C)/C(=C\C)c1ccccc1C(=C)C. The van der Waals surface area contributed by atoms with Gasteiger partial charge in [0.25, 0.3) is 0 Å². The number of hydrogen-bond donors (Lipinski definition) is 0. The molecule has 0 aliphatic rings. The van der Waals surface area contributed by atoms with Crippen molar-refractivity contribution in [2.45, 2.75) is 80.3 Å². The fraction of sp³-hybridized carbons (Fsp3) is 0.271. The van der Waals surface area contributed by atoms with E-state index in [2.05, 4.69) is 201 Å². The van der Waals surface area contributed by atoms with Gasteiger partial charge in [-0.1, -0.05) is 134 Å². The van der Waals surface area contributed by atoms with Gasteiger partial charge in [0.1, 0.15) is 0 Å². The van der Waals surface area contributed by atoms with Gasteiger partial charge in [-0.25, -0.2) is 0 Å². The summed E-state index contributed by atoms with van der Waals surface area (Å²) in [6.45, 7) is 28.4. The lowest BCUT2D eigenvalue weighted by Crippen LogP contribution is -2.26. The average Bonchev–Trinajstić information content (AvgIpc) is 3.38. The maximum Gasteiger partial charge on any atom is 0.0694 e. The number of allylic oxidation sites excluding steroid dienone is 4. The molecule has 1 heterocycles. The quantitative estimate of drug-likeness (QED) is 0.121. The van der Waals surface area contributed by atoms with Gasteiger partial charge < -0.3 is 9.47 Å². The lowest BCUT2D eigenvalue weighted by atomic mass is 9.92. The van der Waals surface area contributed by atoms with Crippen molar-refractivity contribution in [1.29, 1.82) is 0 Å². The molecule has 0 bridgehead atoms. The summed E-state index contributed by atoms with van der Waals surface area (Å²) < 4.78 is 2.46. The minimum atomic E-state index is -0.377. The Balaban J connectivity index is 1.68. The second-order valence-electron chi connectivity index (χ2n) is 14.4. The molecule has 0 saturated carbocycles. The van der Waals surface area contributed by atoms with Gasteiger partial charge in [0.2, 0.25) is 0 Å². The monoisotopic (exact) mass is 673 g/mol. The molecule has 1 unspecified atom stereocenters. The van der Waals surface area contributed by atoms with Crippen LogP contribution in [-0.4, -0.2) is 22.2 Å². The van der Waals surface area contributed by atoms with Crippen LogP contribution in [0.5, 0.6) is 0 Å². The third kappa shape index (κ3) is 7.35. The molecule has 1 aromatic heterocycles. The Morgan fingerprint density at radius 3 is 1.69 bits per heavy atom. The summed E-state index contributed by atoms with van der Waals surface area (Å²) in [7, 11) is 2.21. The summed E-state index contributed by atoms with van der Waals surface area (Å²) in [6, 6.07) is 34.7. The van der Waals surface area contributed by atoms with Gasteiger partial charge in [-0.3, -0.25) is 4.99 Å². The van der Waals surface area contributed by atoms with Gasteiger partial charge >= 0.3 is 0 Å². The lowest BCUT2D eigenvalue weighted by molar-refractivity contribution is 0.345. The molecule has 3 nitrogen and oxygen atoms in total. The molecule has 0 N–H and O–H groups in total. The lowest BCUT2D eigenvalue weighted by Gasteiger charge is -2.34. The van der Waals surface area contributed by atoms with Gasteiger partial charge in [0, 0.05) is 57.3 Å². The van der Waals surface area contributed by atoms with E-state index >= 15 is 0 Å². The summed E-state index contributed by atoms with van der Waals surface area (Å²) in [4.78, 5) is 7.98. The molecule has 0 radical (unpaired) electrons. The maximum atomic E-state index is 5.56. The molecule has 0 spiro atoms. The van der Waals surface area contributed by atoms with Gasteiger partial charge in [-0.2, -0.15) is 0 Å². The zero-order chi connectivity index (χ0) is 37.0. The van der Waals surface area contributed by atoms with Crippen LogP contribution < -0.4 is 0 Å². The Morgan fingerprint density at radius 1 is 0.725 bits per heavy atom. The number of benzene rings is 4. The molecule has 3 heteroatoms. The second-order valence-corrected chi connectivity index (χ2v) is 14.4. The van der Waals surface area contributed by atoms with Crippen molar-refractivity contribution >= 4 is 39.0 Å². The van der Waals surface area contributed by atoms with Gasteiger partial charge in [-0.05, 0) is 84.6 Å². The van der Waals surface area contributed by atoms with Crippen LogP contribution >= 0.6 is 0 Å². The normalized spacial score (nSPS) is 13.4. The Labute approximate surface area is 307 Å². The highest BCUT2D eigenvalue weighted by Crippen LogP contribution is 2.38. The first kappa shape index (κ1) is 37.1. The first-order valence-corrected chi connectivity index (χ1v) is 18.2. The van der Waals surface area contributed by atoms with Crippen molar-refractivity contribution in [1.82, 2.24) is 9.47 Å². The first-order valence-electron chi connectivity index (χ1n) is 18.2. The van der Waals surface area contributed by atoms with E-state index in [0.29, 0.717) is 0 Å². The van der Waals surface area contributed by atoms with E-state index in [1.807, 2.05) is 0 Å². The Morgan fingerprint density at radius 2 is 1.18 bits per heavy atom. The number of rotatable bonds is 12. The third-order valence-electron chi connectivity index (χ3n) is 10.3. The number of fused-ring (bicyclic) bond motifs is 1. The number of nitrogens with zero attached hydrogens (tertiary/aromatic N) is 3. The summed E-state index contributed by atoms with van der Waals surface area (Å²) >= 11 is 0. The van der Waals surface area contributed by atoms with E-state index in [0.717, 1.165) is 45.7 Å².